The molecule has 1 aromatic rings. The summed E-state index contributed by atoms with van der Waals surface area (Å²) in [5.74, 6) is -5.96. The van der Waals surface area contributed by atoms with Gasteiger partial charge < -0.3 is 11.5 Å². The van der Waals surface area contributed by atoms with Crippen molar-refractivity contribution in [3.05, 3.63) is 34.9 Å². The zero-order chi connectivity index (χ0) is 10.9. The Morgan fingerprint density at radius 2 is 1.47 bits per heavy atom. The van der Waals surface area contributed by atoms with Gasteiger partial charge in [-0.15, -0.1) is 12.4 Å². The fourth-order valence-corrected chi connectivity index (χ4v) is 1.04. The third-order valence-corrected chi connectivity index (χ3v) is 1.77. The Labute approximate surface area is 89.7 Å². The molecule has 0 heterocycles. The van der Waals surface area contributed by atoms with Crippen LogP contribution in [0.5, 0.6) is 0 Å². The van der Waals surface area contributed by atoms with Gasteiger partial charge in [0.2, 0.25) is 0 Å². The van der Waals surface area contributed by atoms with Crippen molar-refractivity contribution in [1.82, 2.24) is 0 Å². The van der Waals surface area contributed by atoms with Gasteiger partial charge in [0.05, 0.1) is 0 Å². The van der Waals surface area contributed by atoms with E-state index in [4.69, 9.17) is 11.5 Å². The van der Waals surface area contributed by atoms with E-state index in [-0.39, 0.29) is 25.0 Å². The maximum absolute atomic E-state index is 13.0. The summed E-state index contributed by atoms with van der Waals surface area (Å²) in [5.41, 5.74) is 9.38. The molecule has 0 amide bonds. The summed E-state index contributed by atoms with van der Waals surface area (Å²) >= 11 is 0. The van der Waals surface area contributed by atoms with Crippen molar-refractivity contribution in [1.29, 1.82) is 0 Å². The fourth-order valence-electron chi connectivity index (χ4n) is 1.04. The zero-order valence-corrected chi connectivity index (χ0v) is 8.25. The molecule has 1 atom stereocenters. The van der Waals surface area contributed by atoms with Crippen LogP contribution >= 0.6 is 12.4 Å². The Balaban J connectivity index is 0.00000196. The third-order valence-electron chi connectivity index (χ3n) is 1.77. The number of hydrogen-bond donors (Lipinski definition) is 2. The summed E-state index contributed by atoms with van der Waals surface area (Å²) in [6.45, 7) is -0.309. The summed E-state index contributed by atoms with van der Waals surface area (Å²) in [7, 11) is 0. The average Bonchev–Trinajstić information content (AvgIpc) is 2.15. The number of halogens is 5. The Kier molecular flexibility index (Phi) is 4.99. The van der Waals surface area contributed by atoms with Gasteiger partial charge in [-0.2, -0.15) is 0 Å². The summed E-state index contributed by atoms with van der Waals surface area (Å²) < 4.78 is 51.2. The third kappa shape index (κ3) is 2.58. The molecule has 1 rings (SSSR count). The first-order valence-electron chi connectivity index (χ1n) is 3.77. The molecule has 7 heteroatoms. The van der Waals surface area contributed by atoms with Crippen LogP contribution in [0.2, 0.25) is 0 Å². The lowest BCUT2D eigenvalue weighted by atomic mass is 10.1. The molecule has 0 bridgehead atoms. The minimum absolute atomic E-state index is 0. The van der Waals surface area contributed by atoms with Gasteiger partial charge in [0.25, 0.3) is 0 Å². The highest BCUT2D eigenvalue weighted by Crippen LogP contribution is 2.23. The van der Waals surface area contributed by atoms with Crippen LogP contribution in [0.25, 0.3) is 0 Å². The van der Waals surface area contributed by atoms with E-state index in [2.05, 4.69) is 0 Å². The van der Waals surface area contributed by atoms with Gasteiger partial charge in [0, 0.05) is 24.2 Å². The van der Waals surface area contributed by atoms with Crippen molar-refractivity contribution in [2.45, 2.75) is 6.04 Å². The topological polar surface area (TPSA) is 52.0 Å². The standard InChI is InChI=1S/C8H8F4N2.ClH/c9-3-1-4(10)8(12)6(7(3)11)5(14)2-13;/h1,5H,2,13-14H2;1H/t5-;/m1./s1. The lowest BCUT2D eigenvalue weighted by Gasteiger charge is -2.12. The van der Waals surface area contributed by atoms with E-state index < -0.39 is 34.9 Å². The SMILES string of the molecule is Cl.NC[C@@H](N)c1c(F)c(F)cc(F)c1F. The summed E-state index contributed by atoms with van der Waals surface area (Å²) in [6.07, 6.45) is 0. The second-order valence-electron chi connectivity index (χ2n) is 2.72. The molecule has 2 nitrogen and oxygen atoms in total. The monoisotopic (exact) mass is 244 g/mol. The average molecular weight is 245 g/mol. The van der Waals surface area contributed by atoms with E-state index in [1.165, 1.54) is 0 Å². The first-order valence-corrected chi connectivity index (χ1v) is 3.77. The molecule has 0 saturated heterocycles. The van der Waals surface area contributed by atoms with Crippen LogP contribution in [-0.2, 0) is 0 Å². The lowest BCUT2D eigenvalue weighted by molar-refractivity contribution is 0.427. The van der Waals surface area contributed by atoms with Crippen molar-refractivity contribution < 1.29 is 17.6 Å². The summed E-state index contributed by atoms with van der Waals surface area (Å²) in [6, 6.07) is -1.14. The molecule has 4 N–H and O–H groups in total. The van der Waals surface area contributed by atoms with E-state index in [0.29, 0.717) is 0 Å². The highest BCUT2D eigenvalue weighted by Gasteiger charge is 2.22. The Bertz CT molecular complexity index is 333. The Morgan fingerprint density at radius 1 is 1.07 bits per heavy atom. The second kappa shape index (κ2) is 5.29. The molecule has 0 aliphatic heterocycles. The van der Waals surface area contributed by atoms with Crippen LogP contribution < -0.4 is 11.5 Å². The van der Waals surface area contributed by atoms with E-state index in [9.17, 15) is 17.6 Å². The van der Waals surface area contributed by atoms with Gasteiger partial charge in [-0.3, -0.25) is 0 Å². The molecule has 0 aliphatic rings. The van der Waals surface area contributed by atoms with Gasteiger partial charge in [-0.1, -0.05) is 0 Å². The summed E-state index contributed by atoms with van der Waals surface area (Å²) in [5, 5.41) is 0. The second-order valence-corrected chi connectivity index (χ2v) is 2.72. The van der Waals surface area contributed by atoms with Crippen LogP contribution in [0.1, 0.15) is 11.6 Å². The van der Waals surface area contributed by atoms with Crippen molar-refractivity contribution in [2.24, 2.45) is 11.5 Å². The molecule has 0 aliphatic carbocycles. The lowest BCUT2D eigenvalue weighted by Crippen LogP contribution is -2.24. The highest BCUT2D eigenvalue weighted by molar-refractivity contribution is 5.85. The predicted octanol–water partition coefficient (Wildman–Crippen LogP) is 1.62. The van der Waals surface area contributed by atoms with E-state index in [1.54, 1.807) is 0 Å². The molecule has 86 valence electrons. The van der Waals surface area contributed by atoms with Gasteiger partial charge >= 0.3 is 0 Å². The normalized spacial score (nSPS) is 12.1. The molecule has 1 aromatic carbocycles. The molecule has 0 spiro atoms. The minimum Gasteiger partial charge on any atom is -0.329 e. The molecular formula is C8H9ClF4N2. The first-order chi connectivity index (χ1) is 6.49. The Hall–Kier alpha value is -0.850. The van der Waals surface area contributed by atoms with Gasteiger partial charge in [-0.05, 0) is 0 Å². The van der Waals surface area contributed by atoms with Crippen molar-refractivity contribution in [3.8, 4) is 0 Å². The van der Waals surface area contributed by atoms with Crippen LogP contribution in [0.4, 0.5) is 17.6 Å². The van der Waals surface area contributed by atoms with Crippen molar-refractivity contribution in [3.63, 3.8) is 0 Å². The largest absolute Gasteiger partial charge is 0.329 e. The maximum Gasteiger partial charge on any atom is 0.166 e. The molecule has 15 heavy (non-hydrogen) atoms. The number of hydrogen-bond acceptors (Lipinski definition) is 2. The van der Waals surface area contributed by atoms with Crippen molar-refractivity contribution >= 4 is 12.4 Å². The molecule has 0 unspecified atom stereocenters. The van der Waals surface area contributed by atoms with E-state index >= 15 is 0 Å². The van der Waals surface area contributed by atoms with Crippen molar-refractivity contribution in [2.75, 3.05) is 6.54 Å². The molecule has 0 radical (unpaired) electrons. The van der Waals surface area contributed by atoms with E-state index in [0.717, 1.165) is 0 Å². The first kappa shape index (κ1) is 14.2. The number of rotatable bonds is 2. The zero-order valence-electron chi connectivity index (χ0n) is 7.44. The molecular weight excluding hydrogens is 236 g/mol. The minimum atomic E-state index is -1.50. The molecule has 0 fully saturated rings. The molecule has 0 saturated carbocycles. The summed E-state index contributed by atoms with van der Waals surface area (Å²) in [4.78, 5) is 0. The van der Waals surface area contributed by atoms with Crippen LogP contribution in [0.3, 0.4) is 0 Å². The molecule has 0 aromatic heterocycles. The Morgan fingerprint density at radius 3 is 1.80 bits per heavy atom. The van der Waals surface area contributed by atoms with Crippen LogP contribution in [0, 0.1) is 23.3 Å². The van der Waals surface area contributed by atoms with Gasteiger partial charge in [-0.25, -0.2) is 17.6 Å². The van der Waals surface area contributed by atoms with Gasteiger partial charge in [0.15, 0.2) is 23.3 Å². The number of benzene rings is 1. The van der Waals surface area contributed by atoms with Gasteiger partial charge in [0.1, 0.15) is 0 Å². The van der Waals surface area contributed by atoms with E-state index in [1.807, 2.05) is 0 Å². The maximum atomic E-state index is 13.0. The van der Waals surface area contributed by atoms with Crippen LogP contribution in [0.15, 0.2) is 6.07 Å². The number of nitrogens with two attached hydrogens (primary N) is 2. The predicted molar refractivity (Wildman–Crippen MR) is 49.5 cm³/mol. The van der Waals surface area contributed by atoms with Crippen LogP contribution in [-0.4, -0.2) is 6.54 Å². The quantitative estimate of drug-likeness (QED) is 0.614. The smallest absolute Gasteiger partial charge is 0.166 e. The highest BCUT2D eigenvalue weighted by atomic mass is 35.5. The fraction of sp³-hybridized carbons (Fsp3) is 0.250.